The van der Waals surface area contributed by atoms with Crippen molar-refractivity contribution in [3.63, 3.8) is 0 Å². The highest BCUT2D eigenvalue weighted by atomic mass is 35.5. The Morgan fingerprint density at radius 1 is 1.21 bits per heavy atom. The first-order valence-corrected chi connectivity index (χ1v) is 9.20. The molecule has 0 spiro atoms. The van der Waals surface area contributed by atoms with Crippen molar-refractivity contribution >= 4 is 29.1 Å². The van der Waals surface area contributed by atoms with Crippen molar-refractivity contribution in [1.29, 1.82) is 0 Å². The van der Waals surface area contributed by atoms with E-state index in [2.05, 4.69) is 26.2 Å². The number of carbonyl (C=O) groups is 1. The molecule has 2 aliphatic heterocycles. The Bertz CT molecular complexity index is 1140. The van der Waals surface area contributed by atoms with Gasteiger partial charge in [-0.05, 0) is 59.3 Å². The molecule has 29 heavy (non-hydrogen) atoms. The second kappa shape index (κ2) is 6.78. The fourth-order valence-corrected chi connectivity index (χ4v) is 3.56. The zero-order chi connectivity index (χ0) is 20.0. The van der Waals surface area contributed by atoms with Gasteiger partial charge in [0, 0.05) is 16.4 Å². The van der Waals surface area contributed by atoms with E-state index in [1.54, 1.807) is 28.9 Å². The Balaban J connectivity index is 1.56. The highest BCUT2D eigenvalue weighted by Crippen LogP contribution is 2.40. The van der Waals surface area contributed by atoms with Crippen molar-refractivity contribution in [1.82, 2.24) is 20.2 Å². The number of nitrogens with zero attached hydrogens (tertiary/aromatic N) is 4. The van der Waals surface area contributed by atoms with Crippen LogP contribution in [0, 0.1) is 0 Å². The van der Waals surface area contributed by atoms with Crippen molar-refractivity contribution in [2.45, 2.75) is 13.0 Å². The van der Waals surface area contributed by atoms with Gasteiger partial charge in [0.2, 0.25) is 12.7 Å². The summed E-state index contributed by atoms with van der Waals surface area (Å²) in [5.41, 5.74) is 2.57. The molecule has 0 bridgehead atoms. The van der Waals surface area contributed by atoms with Gasteiger partial charge in [0.15, 0.2) is 11.5 Å². The van der Waals surface area contributed by atoms with E-state index in [-0.39, 0.29) is 12.7 Å². The average Bonchev–Trinajstić information content (AvgIpc) is 3.36. The molecule has 1 aromatic heterocycles. The number of benzene rings is 2. The molecule has 5 rings (SSSR count). The lowest BCUT2D eigenvalue weighted by atomic mass is 9.94. The fourth-order valence-electron chi connectivity index (χ4n) is 3.43. The first-order valence-electron chi connectivity index (χ1n) is 8.82. The SMILES string of the molecule is CC1=C(C(=O)Nc2ccc(Cl)cc2)C(c2ccc3c(c2)OCO3)n2nnnc2N1. The number of ether oxygens (including phenoxy) is 2. The van der Waals surface area contributed by atoms with Gasteiger partial charge in [0.1, 0.15) is 6.04 Å². The molecule has 9 nitrogen and oxygen atoms in total. The van der Waals surface area contributed by atoms with Crippen LogP contribution < -0.4 is 20.1 Å². The number of hydrogen-bond acceptors (Lipinski definition) is 7. The van der Waals surface area contributed by atoms with E-state index in [1.165, 1.54) is 0 Å². The monoisotopic (exact) mass is 410 g/mol. The van der Waals surface area contributed by atoms with E-state index in [4.69, 9.17) is 21.1 Å². The van der Waals surface area contributed by atoms with E-state index in [9.17, 15) is 4.79 Å². The maximum atomic E-state index is 13.2. The van der Waals surface area contributed by atoms with Crippen LogP contribution in [0.15, 0.2) is 53.7 Å². The van der Waals surface area contributed by atoms with Crippen LogP contribution in [0.1, 0.15) is 18.5 Å². The normalized spacial score (nSPS) is 17.0. The molecule has 10 heteroatoms. The molecule has 1 amide bonds. The van der Waals surface area contributed by atoms with Crippen LogP contribution in [0.3, 0.4) is 0 Å². The van der Waals surface area contributed by atoms with E-state index in [0.29, 0.717) is 39.4 Å². The minimum Gasteiger partial charge on any atom is -0.454 e. The Kier molecular flexibility index (Phi) is 4.09. The Hall–Kier alpha value is -3.59. The van der Waals surface area contributed by atoms with Crippen molar-refractivity contribution in [3.05, 3.63) is 64.3 Å². The minimum absolute atomic E-state index is 0.167. The standard InChI is InChI=1S/C19H15ClN6O3/c1-10-16(18(27)22-13-5-3-12(20)4-6-13)17(26-19(21-10)23-24-25-26)11-2-7-14-15(8-11)29-9-28-14/h2-8,17H,9H2,1H3,(H,22,27)(H,21,23,25). The predicted molar refractivity (Wildman–Crippen MR) is 105 cm³/mol. The van der Waals surface area contributed by atoms with Gasteiger partial charge >= 0.3 is 0 Å². The summed E-state index contributed by atoms with van der Waals surface area (Å²) < 4.78 is 12.5. The lowest BCUT2D eigenvalue weighted by Crippen LogP contribution is -2.31. The molecule has 2 aromatic carbocycles. The van der Waals surface area contributed by atoms with Crippen molar-refractivity contribution < 1.29 is 14.3 Å². The molecule has 146 valence electrons. The number of halogens is 1. The first-order chi connectivity index (χ1) is 14.1. The highest BCUT2D eigenvalue weighted by Gasteiger charge is 2.35. The molecular formula is C19H15ClN6O3. The molecule has 3 aromatic rings. The van der Waals surface area contributed by atoms with Gasteiger partial charge < -0.3 is 20.1 Å². The number of anilines is 2. The summed E-state index contributed by atoms with van der Waals surface area (Å²) in [6.45, 7) is 1.98. The van der Waals surface area contributed by atoms with Crippen molar-refractivity contribution in [2.24, 2.45) is 0 Å². The molecule has 0 aliphatic carbocycles. The summed E-state index contributed by atoms with van der Waals surface area (Å²) in [6.07, 6.45) is 0. The van der Waals surface area contributed by atoms with E-state index in [0.717, 1.165) is 5.56 Å². The molecular weight excluding hydrogens is 396 g/mol. The first kappa shape index (κ1) is 17.5. The highest BCUT2D eigenvalue weighted by molar-refractivity contribution is 6.30. The zero-order valence-corrected chi connectivity index (χ0v) is 16.0. The van der Waals surface area contributed by atoms with Crippen molar-refractivity contribution in [2.75, 3.05) is 17.4 Å². The van der Waals surface area contributed by atoms with Gasteiger partial charge in [-0.3, -0.25) is 4.79 Å². The largest absolute Gasteiger partial charge is 0.454 e. The molecule has 2 N–H and O–H groups in total. The van der Waals surface area contributed by atoms with Crippen LogP contribution in [0.5, 0.6) is 11.5 Å². The number of tetrazole rings is 1. The molecule has 0 saturated heterocycles. The summed E-state index contributed by atoms with van der Waals surface area (Å²) >= 11 is 5.93. The van der Waals surface area contributed by atoms with E-state index >= 15 is 0 Å². The second-order valence-corrected chi connectivity index (χ2v) is 7.02. The second-order valence-electron chi connectivity index (χ2n) is 6.59. The van der Waals surface area contributed by atoms with Gasteiger partial charge in [0.25, 0.3) is 5.91 Å². The third-order valence-corrected chi connectivity index (χ3v) is 5.03. The van der Waals surface area contributed by atoms with Crippen LogP contribution in [0.2, 0.25) is 5.02 Å². The maximum absolute atomic E-state index is 13.2. The van der Waals surface area contributed by atoms with E-state index < -0.39 is 6.04 Å². The Morgan fingerprint density at radius 2 is 2.00 bits per heavy atom. The Morgan fingerprint density at radius 3 is 2.83 bits per heavy atom. The lowest BCUT2D eigenvalue weighted by Gasteiger charge is -2.28. The molecule has 0 saturated carbocycles. The lowest BCUT2D eigenvalue weighted by molar-refractivity contribution is -0.113. The smallest absolute Gasteiger partial charge is 0.255 e. The van der Waals surface area contributed by atoms with Crippen LogP contribution in [0.25, 0.3) is 0 Å². The molecule has 2 aliphatic rings. The molecule has 0 fully saturated rings. The molecule has 0 radical (unpaired) electrons. The summed E-state index contributed by atoms with van der Waals surface area (Å²) in [7, 11) is 0. The average molecular weight is 411 g/mol. The number of carbonyl (C=O) groups excluding carboxylic acids is 1. The van der Waals surface area contributed by atoms with Gasteiger partial charge in [-0.1, -0.05) is 22.8 Å². The van der Waals surface area contributed by atoms with Gasteiger partial charge in [-0.15, -0.1) is 0 Å². The van der Waals surface area contributed by atoms with Gasteiger partial charge in [0.05, 0.1) is 5.57 Å². The van der Waals surface area contributed by atoms with Crippen LogP contribution in [-0.4, -0.2) is 32.9 Å². The molecule has 1 unspecified atom stereocenters. The molecule has 3 heterocycles. The maximum Gasteiger partial charge on any atom is 0.255 e. The number of rotatable bonds is 3. The topological polar surface area (TPSA) is 103 Å². The number of hydrogen-bond donors (Lipinski definition) is 2. The Labute approximate surface area is 170 Å². The number of aromatic nitrogens is 4. The number of fused-ring (bicyclic) bond motifs is 2. The van der Waals surface area contributed by atoms with Gasteiger partial charge in [-0.2, -0.15) is 4.68 Å². The molecule has 1 atom stereocenters. The summed E-state index contributed by atoms with van der Waals surface area (Å²) in [5.74, 6) is 1.45. The minimum atomic E-state index is -0.539. The summed E-state index contributed by atoms with van der Waals surface area (Å²) in [4.78, 5) is 13.2. The van der Waals surface area contributed by atoms with Crippen molar-refractivity contribution in [3.8, 4) is 11.5 Å². The van der Waals surface area contributed by atoms with E-state index in [1.807, 2.05) is 25.1 Å². The quantitative estimate of drug-likeness (QED) is 0.684. The fraction of sp³-hybridized carbons (Fsp3) is 0.158. The summed E-state index contributed by atoms with van der Waals surface area (Å²) in [5, 5.41) is 18.4. The summed E-state index contributed by atoms with van der Waals surface area (Å²) in [6, 6.07) is 11.9. The predicted octanol–water partition coefficient (Wildman–Crippen LogP) is 2.98. The third kappa shape index (κ3) is 3.05. The number of allylic oxidation sites excluding steroid dienone is 1. The third-order valence-electron chi connectivity index (χ3n) is 4.77. The van der Waals surface area contributed by atoms with Crippen LogP contribution in [-0.2, 0) is 4.79 Å². The van der Waals surface area contributed by atoms with Crippen LogP contribution in [0.4, 0.5) is 11.6 Å². The number of amides is 1. The van der Waals surface area contributed by atoms with Crippen LogP contribution >= 0.6 is 11.6 Å². The zero-order valence-electron chi connectivity index (χ0n) is 15.2. The number of nitrogens with one attached hydrogen (secondary N) is 2. The van der Waals surface area contributed by atoms with Gasteiger partial charge in [-0.25, -0.2) is 0 Å².